The van der Waals surface area contributed by atoms with E-state index in [0.717, 1.165) is 22.3 Å². The maximum absolute atomic E-state index is 13.9. The number of rotatable bonds is 3. The van der Waals surface area contributed by atoms with E-state index < -0.39 is 20.5 Å². The molecule has 4 aliphatic rings. The number of anilines is 1. The first-order valence-corrected chi connectivity index (χ1v) is 12.2. The van der Waals surface area contributed by atoms with E-state index >= 15 is 0 Å². The maximum Gasteiger partial charge on any atom is 0.239 e. The number of hydrogen-bond acceptors (Lipinski definition) is 3. The first kappa shape index (κ1) is 20.2. The number of hydrogen-bond donors (Lipinski definition) is 0. The van der Waals surface area contributed by atoms with Crippen LogP contribution in [-0.4, -0.2) is 18.4 Å². The van der Waals surface area contributed by atoms with Crippen molar-refractivity contribution in [2.45, 2.75) is 15.6 Å². The molecule has 160 valence electrons. The minimum atomic E-state index is -0.771. The largest absolute Gasteiger partial charge is 0.494 e. The van der Waals surface area contributed by atoms with Gasteiger partial charge in [0.15, 0.2) is 0 Å². The molecular weight excluding hydrogens is 534 g/mol. The Hall–Kier alpha value is -2.44. The van der Waals surface area contributed by atoms with Crippen molar-refractivity contribution in [1.82, 2.24) is 0 Å². The summed E-state index contributed by atoms with van der Waals surface area (Å²) in [4.78, 5) is 29.2. The molecule has 1 saturated heterocycles. The molecule has 1 unspecified atom stereocenters. The van der Waals surface area contributed by atoms with E-state index in [1.54, 1.807) is 24.3 Å². The number of imide groups is 1. The van der Waals surface area contributed by atoms with Crippen molar-refractivity contribution in [2.24, 2.45) is 11.8 Å². The average Bonchev–Trinajstić information content (AvgIpc) is 3.09. The molecule has 6 heteroatoms. The van der Waals surface area contributed by atoms with Gasteiger partial charge in [-0.05, 0) is 53.4 Å². The maximum atomic E-state index is 13.9. The molecule has 3 aromatic rings. The number of benzene rings is 3. The SMILES string of the molecule is CCOc1ccc(N2C(=O)C3[C@@H](C2=O)C2(Br)c4ccccc4C3(Br)c3ccccc32)cc1. The highest BCUT2D eigenvalue weighted by molar-refractivity contribution is 9.10. The third-order valence-corrected chi connectivity index (χ3v) is 9.69. The monoisotopic (exact) mass is 551 g/mol. The van der Waals surface area contributed by atoms with Crippen molar-refractivity contribution < 1.29 is 14.3 Å². The standard InChI is InChI=1S/C26H19Br2NO3/c1-2-32-16-13-11-15(12-14-16)29-23(30)21-22(24(29)31)26(28)18-8-4-3-7-17(18)25(21,27)19-9-5-6-10-20(19)26/h3-14,21-22H,2H2,1H3/t21-,22?,25?,26?/m0/s1. The van der Waals surface area contributed by atoms with Crippen LogP contribution in [-0.2, 0) is 18.2 Å². The van der Waals surface area contributed by atoms with Crippen LogP contribution in [0.15, 0.2) is 72.8 Å². The van der Waals surface area contributed by atoms with E-state index in [9.17, 15) is 9.59 Å². The Balaban J connectivity index is 1.57. The number of alkyl halides is 2. The van der Waals surface area contributed by atoms with Gasteiger partial charge in [-0.25, -0.2) is 4.90 Å². The second-order valence-corrected chi connectivity index (χ2v) is 10.9. The molecule has 32 heavy (non-hydrogen) atoms. The molecule has 2 bridgehead atoms. The molecule has 3 aliphatic carbocycles. The van der Waals surface area contributed by atoms with Crippen LogP contribution in [0.5, 0.6) is 5.75 Å². The second-order valence-electron chi connectivity index (χ2n) is 8.41. The zero-order chi connectivity index (χ0) is 22.3. The zero-order valence-electron chi connectivity index (χ0n) is 17.2. The zero-order valence-corrected chi connectivity index (χ0v) is 20.4. The van der Waals surface area contributed by atoms with Crippen molar-refractivity contribution in [3.8, 4) is 5.75 Å². The third-order valence-electron chi connectivity index (χ3n) is 6.99. The number of ether oxygens (including phenoxy) is 1. The lowest BCUT2D eigenvalue weighted by atomic mass is 9.54. The predicted octanol–water partition coefficient (Wildman–Crippen LogP) is 5.50. The van der Waals surface area contributed by atoms with E-state index in [1.807, 2.05) is 31.2 Å². The molecule has 3 aromatic carbocycles. The summed E-state index contributed by atoms with van der Waals surface area (Å²) < 4.78 is 3.99. The van der Waals surface area contributed by atoms with Gasteiger partial charge in [-0.1, -0.05) is 80.4 Å². The van der Waals surface area contributed by atoms with Crippen LogP contribution >= 0.6 is 31.9 Å². The Bertz CT molecular complexity index is 1160. The quantitative estimate of drug-likeness (QED) is 0.318. The van der Waals surface area contributed by atoms with Crippen molar-refractivity contribution in [3.63, 3.8) is 0 Å². The first-order chi connectivity index (χ1) is 15.4. The lowest BCUT2D eigenvalue weighted by Crippen LogP contribution is -2.56. The fourth-order valence-electron chi connectivity index (χ4n) is 5.78. The van der Waals surface area contributed by atoms with Gasteiger partial charge in [0.25, 0.3) is 0 Å². The van der Waals surface area contributed by atoms with Gasteiger partial charge in [0.2, 0.25) is 11.8 Å². The number of carbonyl (C=O) groups excluding carboxylic acids is 2. The van der Waals surface area contributed by atoms with E-state index in [4.69, 9.17) is 4.74 Å². The summed E-state index contributed by atoms with van der Waals surface area (Å²) in [6, 6.07) is 23.3. The molecule has 0 aromatic heterocycles. The van der Waals surface area contributed by atoms with Gasteiger partial charge in [-0.15, -0.1) is 0 Å². The van der Waals surface area contributed by atoms with Crippen LogP contribution in [0.3, 0.4) is 0 Å². The smallest absolute Gasteiger partial charge is 0.239 e. The summed E-state index contributed by atoms with van der Waals surface area (Å²) in [7, 11) is 0. The summed E-state index contributed by atoms with van der Waals surface area (Å²) in [5, 5.41) is 0. The number of amides is 2. The van der Waals surface area contributed by atoms with Gasteiger partial charge in [-0.3, -0.25) is 9.59 Å². The molecule has 2 atom stereocenters. The highest BCUT2D eigenvalue weighted by Crippen LogP contribution is 2.70. The van der Waals surface area contributed by atoms with Gasteiger partial charge in [0.1, 0.15) is 5.75 Å². The summed E-state index contributed by atoms with van der Waals surface area (Å²) >= 11 is 8.04. The third kappa shape index (κ3) is 2.27. The molecule has 0 spiro atoms. The van der Waals surface area contributed by atoms with Crippen LogP contribution < -0.4 is 9.64 Å². The predicted molar refractivity (Wildman–Crippen MR) is 129 cm³/mol. The van der Waals surface area contributed by atoms with E-state index in [-0.39, 0.29) is 11.8 Å². The highest BCUT2D eigenvalue weighted by atomic mass is 79.9. The van der Waals surface area contributed by atoms with Crippen molar-refractivity contribution in [3.05, 3.63) is 95.1 Å². The van der Waals surface area contributed by atoms with Gasteiger partial charge in [0.05, 0.1) is 32.8 Å². The van der Waals surface area contributed by atoms with Gasteiger partial charge in [-0.2, -0.15) is 0 Å². The Kier molecular flexibility index (Phi) is 4.28. The van der Waals surface area contributed by atoms with Crippen LogP contribution in [0.2, 0.25) is 0 Å². The molecular formula is C26H19Br2NO3. The summed E-state index contributed by atoms with van der Waals surface area (Å²) in [6.07, 6.45) is 0. The molecule has 4 nitrogen and oxygen atoms in total. The first-order valence-electron chi connectivity index (χ1n) is 10.6. The molecule has 1 fully saturated rings. The highest BCUT2D eigenvalue weighted by Gasteiger charge is 2.72. The van der Waals surface area contributed by atoms with Crippen LogP contribution in [0.25, 0.3) is 0 Å². The number of carbonyl (C=O) groups is 2. The lowest BCUT2D eigenvalue weighted by Gasteiger charge is -2.55. The minimum absolute atomic E-state index is 0.186. The fourth-order valence-corrected chi connectivity index (χ4v) is 8.08. The van der Waals surface area contributed by atoms with Crippen LogP contribution in [0.4, 0.5) is 5.69 Å². The van der Waals surface area contributed by atoms with Gasteiger partial charge >= 0.3 is 0 Å². The summed E-state index contributed by atoms with van der Waals surface area (Å²) in [5.41, 5.74) is 4.70. The van der Waals surface area contributed by atoms with Gasteiger partial charge in [0, 0.05) is 0 Å². The topological polar surface area (TPSA) is 46.6 Å². The Morgan fingerprint density at radius 2 is 1.16 bits per heavy atom. The molecule has 0 radical (unpaired) electrons. The van der Waals surface area contributed by atoms with Gasteiger partial charge < -0.3 is 4.74 Å². The second kappa shape index (κ2) is 6.78. The molecule has 1 aliphatic heterocycles. The van der Waals surface area contributed by atoms with Crippen molar-refractivity contribution >= 4 is 49.4 Å². The van der Waals surface area contributed by atoms with Crippen molar-refractivity contribution in [1.29, 1.82) is 0 Å². The Morgan fingerprint density at radius 3 is 1.53 bits per heavy atom. The molecule has 0 N–H and O–H groups in total. The summed E-state index contributed by atoms with van der Waals surface area (Å²) in [6.45, 7) is 2.47. The van der Waals surface area contributed by atoms with E-state index in [0.29, 0.717) is 18.0 Å². The van der Waals surface area contributed by atoms with Crippen LogP contribution in [0, 0.1) is 11.8 Å². The number of nitrogens with zero attached hydrogens (tertiary/aromatic N) is 1. The lowest BCUT2D eigenvalue weighted by molar-refractivity contribution is -0.122. The Labute approximate surface area is 202 Å². The van der Waals surface area contributed by atoms with E-state index in [1.165, 1.54) is 4.90 Å². The van der Waals surface area contributed by atoms with E-state index in [2.05, 4.69) is 56.1 Å². The fraction of sp³-hybridized carbons (Fsp3) is 0.231. The number of halogens is 2. The average molecular weight is 553 g/mol. The summed E-state index contributed by atoms with van der Waals surface area (Å²) in [5.74, 6) is -0.791. The molecule has 2 amide bonds. The molecule has 1 heterocycles. The molecule has 7 rings (SSSR count). The normalized spacial score (nSPS) is 29.5. The Morgan fingerprint density at radius 1 is 0.750 bits per heavy atom. The van der Waals surface area contributed by atoms with Crippen molar-refractivity contribution in [2.75, 3.05) is 11.5 Å². The minimum Gasteiger partial charge on any atom is -0.494 e. The van der Waals surface area contributed by atoms with Crippen LogP contribution in [0.1, 0.15) is 29.2 Å². The molecule has 0 saturated carbocycles.